The van der Waals surface area contributed by atoms with Gasteiger partial charge in [-0.15, -0.1) is 0 Å². The van der Waals surface area contributed by atoms with Gasteiger partial charge in [-0.3, -0.25) is 9.59 Å². The largest absolute Gasteiger partial charge is 0.356 e. The lowest BCUT2D eigenvalue weighted by Crippen LogP contribution is -2.55. The Morgan fingerprint density at radius 2 is 1.65 bits per heavy atom. The number of nitrogens with zero attached hydrogens (tertiary/aromatic N) is 1. The maximum absolute atomic E-state index is 13.9. The minimum Gasteiger partial charge on any atom is -0.356 e. The minimum atomic E-state index is -0.449. The van der Waals surface area contributed by atoms with Crippen LogP contribution in [-0.2, 0) is 9.59 Å². The van der Waals surface area contributed by atoms with Crippen molar-refractivity contribution in [3.63, 3.8) is 0 Å². The zero-order chi connectivity index (χ0) is 23.9. The Morgan fingerprint density at radius 1 is 0.912 bits per heavy atom. The fourth-order valence-electron chi connectivity index (χ4n) is 5.33. The van der Waals surface area contributed by atoms with E-state index in [0.29, 0.717) is 0 Å². The van der Waals surface area contributed by atoms with Gasteiger partial charge >= 0.3 is 0 Å². The van der Waals surface area contributed by atoms with Gasteiger partial charge in [0.15, 0.2) is 0 Å². The first kappa shape index (κ1) is 24.3. The molecular weight excluding hydrogens is 424 g/mol. The van der Waals surface area contributed by atoms with Crippen molar-refractivity contribution in [1.29, 1.82) is 0 Å². The van der Waals surface area contributed by atoms with Crippen molar-refractivity contribution < 1.29 is 9.59 Å². The SMILES string of the molecule is CNC(C)C(=O)N[C@H](C(=O)N1CCC[C@H]1c1cccc(Nc2ccccc2)c1)C1CCCCC1. The van der Waals surface area contributed by atoms with Gasteiger partial charge < -0.3 is 20.9 Å². The van der Waals surface area contributed by atoms with E-state index in [2.05, 4.69) is 40.2 Å². The molecule has 0 spiro atoms. The highest BCUT2D eigenvalue weighted by molar-refractivity contribution is 5.90. The number of likely N-dealkylation sites (tertiary alicyclic amines) is 1. The number of hydrogen-bond donors (Lipinski definition) is 3. The zero-order valence-electron chi connectivity index (χ0n) is 20.4. The van der Waals surface area contributed by atoms with Crippen molar-refractivity contribution in [3.8, 4) is 0 Å². The molecule has 1 saturated heterocycles. The lowest BCUT2D eigenvalue weighted by atomic mass is 9.83. The molecule has 182 valence electrons. The van der Waals surface area contributed by atoms with E-state index < -0.39 is 6.04 Å². The summed E-state index contributed by atoms with van der Waals surface area (Å²) >= 11 is 0. The molecule has 6 heteroatoms. The first-order valence-corrected chi connectivity index (χ1v) is 12.8. The van der Waals surface area contributed by atoms with Crippen LogP contribution in [0.3, 0.4) is 0 Å². The molecule has 2 amide bonds. The van der Waals surface area contributed by atoms with Gasteiger partial charge in [-0.2, -0.15) is 0 Å². The molecule has 34 heavy (non-hydrogen) atoms. The second-order valence-corrected chi connectivity index (χ2v) is 9.70. The molecule has 2 fully saturated rings. The van der Waals surface area contributed by atoms with Crippen LogP contribution < -0.4 is 16.0 Å². The maximum atomic E-state index is 13.9. The fourth-order valence-corrected chi connectivity index (χ4v) is 5.33. The first-order valence-electron chi connectivity index (χ1n) is 12.8. The van der Waals surface area contributed by atoms with Crippen molar-refractivity contribution in [2.24, 2.45) is 5.92 Å². The van der Waals surface area contributed by atoms with Gasteiger partial charge in [0.2, 0.25) is 11.8 Å². The Morgan fingerprint density at radius 3 is 2.38 bits per heavy atom. The molecule has 1 heterocycles. The van der Waals surface area contributed by atoms with E-state index in [0.717, 1.165) is 62.0 Å². The summed E-state index contributed by atoms with van der Waals surface area (Å²) in [5.74, 6) is 0.185. The number of rotatable bonds is 8. The molecule has 4 rings (SSSR count). The quantitative estimate of drug-likeness (QED) is 0.529. The topological polar surface area (TPSA) is 73.5 Å². The van der Waals surface area contributed by atoms with Crippen molar-refractivity contribution in [1.82, 2.24) is 15.5 Å². The molecule has 1 aliphatic heterocycles. The molecule has 3 N–H and O–H groups in total. The van der Waals surface area contributed by atoms with Gasteiger partial charge in [0.25, 0.3) is 0 Å². The number of amides is 2. The van der Waals surface area contributed by atoms with Crippen LogP contribution in [0.25, 0.3) is 0 Å². The molecule has 3 atom stereocenters. The molecule has 2 aliphatic rings. The maximum Gasteiger partial charge on any atom is 0.245 e. The summed E-state index contributed by atoms with van der Waals surface area (Å²) in [5, 5.41) is 9.59. The monoisotopic (exact) mass is 462 g/mol. The second-order valence-electron chi connectivity index (χ2n) is 9.70. The van der Waals surface area contributed by atoms with Crippen LogP contribution in [0.4, 0.5) is 11.4 Å². The van der Waals surface area contributed by atoms with Gasteiger partial charge in [0, 0.05) is 17.9 Å². The van der Waals surface area contributed by atoms with Gasteiger partial charge in [-0.25, -0.2) is 0 Å². The van der Waals surface area contributed by atoms with Crippen LogP contribution in [0, 0.1) is 5.92 Å². The summed E-state index contributed by atoms with van der Waals surface area (Å²) in [7, 11) is 1.77. The summed E-state index contributed by atoms with van der Waals surface area (Å²) in [4.78, 5) is 28.7. The van der Waals surface area contributed by atoms with Gasteiger partial charge in [-0.1, -0.05) is 49.6 Å². The van der Waals surface area contributed by atoms with E-state index in [9.17, 15) is 9.59 Å². The zero-order valence-corrected chi connectivity index (χ0v) is 20.4. The molecule has 1 aliphatic carbocycles. The lowest BCUT2D eigenvalue weighted by Gasteiger charge is -2.35. The fraction of sp³-hybridized carbons (Fsp3) is 0.500. The van der Waals surface area contributed by atoms with Crippen molar-refractivity contribution in [3.05, 3.63) is 60.2 Å². The number of benzene rings is 2. The number of nitrogens with one attached hydrogen (secondary N) is 3. The van der Waals surface area contributed by atoms with E-state index in [1.165, 1.54) is 6.42 Å². The van der Waals surface area contributed by atoms with Crippen LogP contribution in [-0.4, -0.2) is 42.4 Å². The molecule has 0 bridgehead atoms. The van der Waals surface area contributed by atoms with Crippen LogP contribution in [0.1, 0.15) is 63.5 Å². The van der Waals surface area contributed by atoms with Crippen molar-refractivity contribution in [2.45, 2.75) is 70.0 Å². The lowest BCUT2D eigenvalue weighted by molar-refractivity contribution is -0.139. The second kappa shape index (κ2) is 11.5. The molecule has 1 saturated carbocycles. The number of hydrogen-bond acceptors (Lipinski definition) is 4. The Labute approximate surface area is 203 Å². The Kier molecular flexibility index (Phi) is 8.22. The number of carbonyl (C=O) groups is 2. The van der Waals surface area contributed by atoms with E-state index >= 15 is 0 Å². The van der Waals surface area contributed by atoms with Crippen LogP contribution >= 0.6 is 0 Å². The minimum absolute atomic E-state index is 0.0368. The summed E-state index contributed by atoms with van der Waals surface area (Å²) in [5.41, 5.74) is 3.20. The van der Waals surface area contributed by atoms with E-state index in [-0.39, 0.29) is 29.8 Å². The number of para-hydroxylation sites is 1. The smallest absolute Gasteiger partial charge is 0.245 e. The summed E-state index contributed by atoms with van der Waals surface area (Å²) < 4.78 is 0. The predicted octanol–water partition coefficient (Wildman–Crippen LogP) is 4.77. The van der Waals surface area contributed by atoms with Crippen molar-refractivity contribution >= 4 is 23.2 Å². The van der Waals surface area contributed by atoms with E-state index in [4.69, 9.17) is 0 Å². The van der Waals surface area contributed by atoms with Crippen LogP contribution in [0.2, 0.25) is 0 Å². The highest BCUT2D eigenvalue weighted by atomic mass is 16.2. The molecule has 2 aromatic rings. The summed E-state index contributed by atoms with van der Waals surface area (Å²) in [6.45, 7) is 2.57. The Hall–Kier alpha value is -2.86. The number of carbonyl (C=O) groups excluding carboxylic acids is 2. The first-order chi connectivity index (χ1) is 16.6. The van der Waals surface area contributed by atoms with E-state index in [1.807, 2.05) is 42.2 Å². The predicted molar refractivity (Wildman–Crippen MR) is 137 cm³/mol. The summed E-state index contributed by atoms with van der Waals surface area (Å²) in [6.07, 6.45) is 7.39. The van der Waals surface area contributed by atoms with Gasteiger partial charge in [0.1, 0.15) is 6.04 Å². The van der Waals surface area contributed by atoms with Crippen LogP contribution in [0.5, 0.6) is 0 Å². The Balaban J connectivity index is 1.53. The van der Waals surface area contributed by atoms with Crippen LogP contribution in [0.15, 0.2) is 54.6 Å². The molecule has 6 nitrogen and oxygen atoms in total. The standard InChI is InChI=1S/C28H38N4O2/c1-20(29-2)27(33)31-26(21-11-5-3-6-12-21)28(34)32-18-10-17-25(32)22-13-9-16-24(19-22)30-23-14-7-4-8-15-23/h4,7-9,13-16,19-21,25-26,29-30H,3,5-6,10-12,17-18H2,1-2H3,(H,31,33)/t20?,25-,26-/m0/s1. The van der Waals surface area contributed by atoms with Crippen molar-refractivity contribution in [2.75, 3.05) is 18.9 Å². The summed E-state index contributed by atoms with van der Waals surface area (Å²) in [6, 6.07) is 17.8. The highest BCUT2D eigenvalue weighted by Gasteiger charge is 2.39. The third-order valence-corrected chi connectivity index (χ3v) is 7.38. The van der Waals surface area contributed by atoms with Gasteiger partial charge in [0.05, 0.1) is 12.1 Å². The normalized spacial score (nSPS) is 20.5. The Bertz CT molecular complexity index is 958. The van der Waals surface area contributed by atoms with E-state index in [1.54, 1.807) is 7.05 Å². The molecular formula is C28H38N4O2. The molecule has 0 radical (unpaired) electrons. The average Bonchev–Trinajstić information content (AvgIpc) is 3.38. The average molecular weight is 463 g/mol. The highest BCUT2D eigenvalue weighted by Crippen LogP contribution is 2.36. The molecule has 2 aromatic carbocycles. The van der Waals surface area contributed by atoms with Gasteiger partial charge in [-0.05, 0) is 75.4 Å². The molecule has 1 unspecified atom stereocenters. The third-order valence-electron chi connectivity index (χ3n) is 7.38. The molecule has 0 aromatic heterocycles. The number of likely N-dealkylation sites (N-methyl/N-ethyl adjacent to an activating group) is 1. The number of anilines is 2. The third kappa shape index (κ3) is 5.79.